The van der Waals surface area contributed by atoms with E-state index in [1.54, 1.807) is 37.3 Å². The molecule has 8 nitrogen and oxygen atoms in total. The number of allylic oxidation sites excluding steroid dienone is 1. The van der Waals surface area contributed by atoms with Crippen molar-refractivity contribution >= 4 is 34.7 Å². The Balaban J connectivity index is 1.92. The van der Waals surface area contributed by atoms with Crippen molar-refractivity contribution in [1.29, 1.82) is 0 Å². The molecular weight excluding hydrogens is 432 g/mol. The number of ether oxygens (including phenoxy) is 2. The van der Waals surface area contributed by atoms with Gasteiger partial charge in [-0.3, -0.25) is 24.6 Å². The highest BCUT2D eigenvalue weighted by molar-refractivity contribution is 8.18. The Hall–Kier alpha value is -3.59. The number of amides is 2. The zero-order valence-corrected chi connectivity index (χ0v) is 18.5. The van der Waals surface area contributed by atoms with Gasteiger partial charge < -0.3 is 9.47 Å². The molecule has 0 unspecified atom stereocenters. The summed E-state index contributed by atoms with van der Waals surface area (Å²) < 4.78 is 11.5. The first-order valence-corrected chi connectivity index (χ1v) is 10.6. The van der Waals surface area contributed by atoms with Gasteiger partial charge in [0.1, 0.15) is 6.61 Å². The van der Waals surface area contributed by atoms with Gasteiger partial charge in [0.15, 0.2) is 11.5 Å². The largest absolute Gasteiger partial charge is 0.493 e. The van der Waals surface area contributed by atoms with Crippen molar-refractivity contribution < 1.29 is 24.0 Å². The molecule has 0 spiro atoms. The number of thioether (sulfide) groups is 1. The Kier molecular flexibility index (Phi) is 7.32. The number of likely N-dealkylation sites (N-methyl/N-ethyl adjacent to an activating group) is 1. The molecule has 0 aliphatic carbocycles. The third-order valence-electron chi connectivity index (χ3n) is 4.73. The van der Waals surface area contributed by atoms with E-state index in [1.807, 2.05) is 6.07 Å². The summed E-state index contributed by atoms with van der Waals surface area (Å²) in [6.07, 6.45) is 3.84. The Bertz CT molecular complexity index is 1110. The standard InChI is InChI=1S/C23H22N2O6S/c1-4-7-17-10-16(13-20-22(26)24(5-2)23(27)32-20)12-19(30-3)21(17)31-14-15-8-6-9-18(11-15)25(28)29/h4,6,8-13H,1,5,7,14H2,2-3H3/b20-13+. The number of non-ortho nitro benzene ring substituents is 1. The maximum absolute atomic E-state index is 12.4. The summed E-state index contributed by atoms with van der Waals surface area (Å²) in [5.41, 5.74) is 2.08. The van der Waals surface area contributed by atoms with Gasteiger partial charge in [-0.1, -0.05) is 18.2 Å². The summed E-state index contributed by atoms with van der Waals surface area (Å²) in [6.45, 7) is 5.95. The molecule has 0 atom stereocenters. The zero-order chi connectivity index (χ0) is 23.3. The molecule has 1 heterocycles. The van der Waals surface area contributed by atoms with Crippen LogP contribution >= 0.6 is 11.8 Å². The predicted octanol–water partition coefficient (Wildman–Crippen LogP) is 4.97. The highest BCUT2D eigenvalue weighted by atomic mass is 32.2. The van der Waals surface area contributed by atoms with Gasteiger partial charge in [0.05, 0.1) is 16.9 Å². The first-order chi connectivity index (χ1) is 15.4. The molecule has 1 saturated heterocycles. The van der Waals surface area contributed by atoms with E-state index in [9.17, 15) is 19.7 Å². The van der Waals surface area contributed by atoms with Crippen LogP contribution in [0.5, 0.6) is 11.5 Å². The SMILES string of the molecule is C=CCc1cc(/C=C2/SC(=O)N(CC)C2=O)cc(OC)c1OCc1cccc([N+](=O)[O-])c1. The second-order valence-electron chi connectivity index (χ2n) is 6.85. The Labute approximate surface area is 189 Å². The third-order valence-corrected chi connectivity index (χ3v) is 5.64. The Morgan fingerprint density at radius 1 is 1.25 bits per heavy atom. The number of carbonyl (C=O) groups is 2. The molecule has 166 valence electrons. The van der Waals surface area contributed by atoms with Crippen LogP contribution in [0.25, 0.3) is 6.08 Å². The first-order valence-electron chi connectivity index (χ1n) is 9.81. The van der Waals surface area contributed by atoms with Gasteiger partial charge in [0, 0.05) is 24.2 Å². The molecule has 0 N–H and O–H groups in total. The van der Waals surface area contributed by atoms with Gasteiger partial charge in [-0.2, -0.15) is 0 Å². The van der Waals surface area contributed by atoms with Gasteiger partial charge in [0.25, 0.3) is 16.8 Å². The number of nitro benzene ring substituents is 1. The molecule has 1 fully saturated rings. The molecule has 1 aliphatic heterocycles. The summed E-state index contributed by atoms with van der Waals surface area (Å²) in [7, 11) is 1.50. The summed E-state index contributed by atoms with van der Waals surface area (Å²) in [5, 5.41) is 10.7. The summed E-state index contributed by atoms with van der Waals surface area (Å²) >= 11 is 0.901. The van der Waals surface area contributed by atoms with Crippen molar-refractivity contribution in [2.75, 3.05) is 13.7 Å². The summed E-state index contributed by atoms with van der Waals surface area (Å²) in [6, 6.07) is 9.78. The number of nitrogens with zero attached hydrogens (tertiary/aromatic N) is 2. The van der Waals surface area contributed by atoms with E-state index in [0.29, 0.717) is 40.5 Å². The molecule has 3 rings (SSSR count). The fraction of sp³-hybridized carbons (Fsp3) is 0.217. The topological polar surface area (TPSA) is 99.0 Å². The van der Waals surface area contributed by atoms with Crippen molar-refractivity contribution in [3.05, 3.63) is 80.8 Å². The minimum atomic E-state index is -0.456. The van der Waals surface area contributed by atoms with Crippen LogP contribution in [0.1, 0.15) is 23.6 Å². The average molecular weight is 455 g/mol. The number of hydrogen-bond acceptors (Lipinski definition) is 7. The van der Waals surface area contributed by atoms with Crippen LogP contribution in [0, 0.1) is 10.1 Å². The molecule has 1 aliphatic rings. The fourth-order valence-electron chi connectivity index (χ4n) is 3.23. The summed E-state index contributed by atoms with van der Waals surface area (Å²) in [4.78, 5) is 36.5. The number of carbonyl (C=O) groups excluding carboxylic acids is 2. The number of nitro groups is 1. The molecule has 0 radical (unpaired) electrons. The van der Waals surface area contributed by atoms with E-state index >= 15 is 0 Å². The molecule has 2 amide bonds. The van der Waals surface area contributed by atoms with Crippen LogP contribution in [-0.4, -0.2) is 34.6 Å². The lowest BCUT2D eigenvalue weighted by Crippen LogP contribution is -2.27. The number of methoxy groups -OCH3 is 1. The first kappa shape index (κ1) is 23.1. The van der Waals surface area contributed by atoms with Crippen LogP contribution in [0.3, 0.4) is 0 Å². The van der Waals surface area contributed by atoms with E-state index in [-0.39, 0.29) is 23.4 Å². The van der Waals surface area contributed by atoms with Gasteiger partial charge >= 0.3 is 0 Å². The third kappa shape index (κ3) is 5.00. The molecule has 2 aromatic rings. The minimum absolute atomic E-state index is 0.0132. The van der Waals surface area contributed by atoms with Gasteiger partial charge in [-0.25, -0.2) is 0 Å². The molecule has 0 bridgehead atoms. The smallest absolute Gasteiger partial charge is 0.293 e. The molecule has 9 heteroatoms. The van der Waals surface area contributed by atoms with Gasteiger partial charge in [-0.05, 0) is 54.4 Å². The number of imide groups is 1. The van der Waals surface area contributed by atoms with Crippen LogP contribution in [0.2, 0.25) is 0 Å². The van der Waals surface area contributed by atoms with Crippen molar-refractivity contribution in [3.8, 4) is 11.5 Å². The van der Waals surface area contributed by atoms with Crippen LogP contribution in [0.15, 0.2) is 54.0 Å². The van der Waals surface area contributed by atoms with Gasteiger partial charge in [-0.15, -0.1) is 6.58 Å². The molecule has 0 aromatic heterocycles. The lowest BCUT2D eigenvalue weighted by Gasteiger charge is -2.16. The highest BCUT2D eigenvalue weighted by Gasteiger charge is 2.33. The number of benzene rings is 2. The van der Waals surface area contributed by atoms with E-state index < -0.39 is 4.92 Å². The minimum Gasteiger partial charge on any atom is -0.493 e. The molecule has 0 saturated carbocycles. The monoisotopic (exact) mass is 454 g/mol. The van der Waals surface area contributed by atoms with E-state index in [4.69, 9.17) is 9.47 Å². The molecule has 2 aromatic carbocycles. The van der Waals surface area contributed by atoms with Crippen LogP contribution < -0.4 is 9.47 Å². The van der Waals surface area contributed by atoms with Crippen molar-refractivity contribution in [2.45, 2.75) is 20.0 Å². The van der Waals surface area contributed by atoms with Crippen LogP contribution in [-0.2, 0) is 17.8 Å². The quantitative estimate of drug-likeness (QED) is 0.228. The lowest BCUT2D eigenvalue weighted by molar-refractivity contribution is -0.384. The molecule has 32 heavy (non-hydrogen) atoms. The normalized spacial score (nSPS) is 14.7. The Morgan fingerprint density at radius 3 is 2.66 bits per heavy atom. The van der Waals surface area contributed by atoms with Crippen LogP contribution in [0.4, 0.5) is 10.5 Å². The average Bonchev–Trinajstić information content (AvgIpc) is 3.05. The maximum Gasteiger partial charge on any atom is 0.293 e. The lowest BCUT2D eigenvalue weighted by atomic mass is 10.0. The van der Waals surface area contributed by atoms with E-state index in [2.05, 4.69) is 6.58 Å². The summed E-state index contributed by atoms with van der Waals surface area (Å²) in [5.74, 6) is 0.603. The fourth-order valence-corrected chi connectivity index (χ4v) is 4.13. The second-order valence-corrected chi connectivity index (χ2v) is 7.84. The number of hydrogen-bond donors (Lipinski definition) is 0. The van der Waals surface area contributed by atoms with Crippen molar-refractivity contribution in [2.24, 2.45) is 0 Å². The maximum atomic E-state index is 12.4. The van der Waals surface area contributed by atoms with E-state index in [1.165, 1.54) is 24.1 Å². The zero-order valence-electron chi connectivity index (χ0n) is 17.7. The van der Waals surface area contributed by atoms with E-state index in [0.717, 1.165) is 17.3 Å². The van der Waals surface area contributed by atoms with Crippen molar-refractivity contribution in [3.63, 3.8) is 0 Å². The van der Waals surface area contributed by atoms with Gasteiger partial charge in [0.2, 0.25) is 0 Å². The van der Waals surface area contributed by atoms with Crippen molar-refractivity contribution in [1.82, 2.24) is 4.90 Å². The molecular formula is C23H22N2O6S. The predicted molar refractivity (Wildman–Crippen MR) is 123 cm³/mol. The second kappa shape index (κ2) is 10.1. The number of rotatable bonds is 9. The Morgan fingerprint density at radius 2 is 2.03 bits per heavy atom. The highest BCUT2D eigenvalue weighted by Crippen LogP contribution is 2.37.